The number of aromatic nitrogens is 6. The van der Waals surface area contributed by atoms with E-state index in [1.807, 2.05) is 6.07 Å². The smallest absolute Gasteiger partial charge is 0.259 e. The van der Waals surface area contributed by atoms with E-state index in [0.717, 1.165) is 62.8 Å². The predicted octanol–water partition coefficient (Wildman–Crippen LogP) is 2.11. The fourth-order valence-corrected chi connectivity index (χ4v) is 4.42. The Bertz CT molecular complexity index is 968. The van der Waals surface area contributed by atoms with Crippen LogP contribution in [-0.4, -0.2) is 48.9 Å². The molecule has 0 aromatic carbocycles. The third-order valence-corrected chi connectivity index (χ3v) is 5.95. The van der Waals surface area contributed by atoms with Crippen LogP contribution in [0.15, 0.2) is 23.8 Å². The number of carbonyl (C=O) groups excluding carboxylic acids is 1. The van der Waals surface area contributed by atoms with E-state index < -0.39 is 0 Å². The van der Waals surface area contributed by atoms with Crippen molar-refractivity contribution in [2.24, 2.45) is 0 Å². The second-order valence-electron chi connectivity index (χ2n) is 7.12. The topological polar surface area (TPSA) is 102 Å². The average Bonchev–Trinajstić information content (AvgIpc) is 3.47. The van der Waals surface area contributed by atoms with Gasteiger partial charge in [0, 0.05) is 38.2 Å². The summed E-state index contributed by atoms with van der Waals surface area (Å²) in [5, 5.41) is 19.6. The standard InChI is InChI=1S/C18H20N8OS/c27-17(21-18-24-20-11-28-18)12-5-6-14(19-9-12)25-7-1-3-13(10-25)16-23-22-15-4-2-8-26(15)16/h5-6,9,11,13H,1-4,7-8,10H2,(H,21,24,27). The summed E-state index contributed by atoms with van der Waals surface area (Å²) in [6.07, 6.45) is 6.02. The Morgan fingerprint density at radius 2 is 2.14 bits per heavy atom. The molecule has 0 spiro atoms. The summed E-state index contributed by atoms with van der Waals surface area (Å²) in [6.45, 7) is 2.87. The van der Waals surface area contributed by atoms with Gasteiger partial charge in [-0.2, -0.15) is 0 Å². The molecule has 5 heterocycles. The number of carbonyl (C=O) groups is 1. The number of amides is 1. The number of nitrogens with zero attached hydrogens (tertiary/aromatic N) is 7. The molecule has 1 saturated heterocycles. The normalized spacial score (nSPS) is 18.9. The fourth-order valence-electron chi connectivity index (χ4n) is 3.98. The van der Waals surface area contributed by atoms with Gasteiger partial charge in [-0.15, -0.1) is 20.4 Å². The minimum Gasteiger partial charge on any atom is -0.356 e. The summed E-state index contributed by atoms with van der Waals surface area (Å²) in [5.41, 5.74) is 2.08. The molecule has 0 bridgehead atoms. The molecule has 1 fully saturated rings. The first-order valence-electron chi connectivity index (χ1n) is 9.48. The van der Waals surface area contributed by atoms with E-state index >= 15 is 0 Å². The molecule has 3 aromatic heterocycles. The van der Waals surface area contributed by atoms with Crippen LogP contribution < -0.4 is 10.2 Å². The molecule has 2 aliphatic rings. The maximum Gasteiger partial charge on any atom is 0.259 e. The first-order valence-corrected chi connectivity index (χ1v) is 10.4. The van der Waals surface area contributed by atoms with Gasteiger partial charge in [-0.25, -0.2) is 4.98 Å². The Labute approximate surface area is 165 Å². The third kappa shape index (κ3) is 3.24. The van der Waals surface area contributed by atoms with Crippen molar-refractivity contribution in [1.82, 2.24) is 29.9 Å². The van der Waals surface area contributed by atoms with Crippen LogP contribution in [0.3, 0.4) is 0 Å². The number of hydrogen-bond donors (Lipinski definition) is 1. The highest BCUT2D eigenvalue weighted by Crippen LogP contribution is 2.30. The van der Waals surface area contributed by atoms with E-state index in [9.17, 15) is 4.79 Å². The predicted molar refractivity (Wildman–Crippen MR) is 105 cm³/mol. The molecule has 0 radical (unpaired) electrons. The van der Waals surface area contributed by atoms with Crippen molar-refractivity contribution in [3.63, 3.8) is 0 Å². The van der Waals surface area contributed by atoms with Gasteiger partial charge in [0.1, 0.15) is 23.0 Å². The second-order valence-corrected chi connectivity index (χ2v) is 7.95. The largest absolute Gasteiger partial charge is 0.356 e. The molecule has 0 saturated carbocycles. The number of fused-ring (bicyclic) bond motifs is 1. The zero-order valence-electron chi connectivity index (χ0n) is 15.3. The van der Waals surface area contributed by atoms with Gasteiger partial charge in [0.2, 0.25) is 5.13 Å². The first kappa shape index (κ1) is 17.2. The van der Waals surface area contributed by atoms with Crippen molar-refractivity contribution in [3.8, 4) is 0 Å². The Morgan fingerprint density at radius 3 is 2.96 bits per heavy atom. The fraction of sp³-hybridized carbons (Fsp3) is 0.444. The van der Waals surface area contributed by atoms with Crippen molar-refractivity contribution in [1.29, 1.82) is 0 Å². The van der Waals surface area contributed by atoms with Crippen LogP contribution in [-0.2, 0) is 13.0 Å². The van der Waals surface area contributed by atoms with Crippen LogP contribution in [0, 0.1) is 0 Å². The minimum absolute atomic E-state index is 0.230. The van der Waals surface area contributed by atoms with Crippen molar-refractivity contribution in [2.45, 2.75) is 38.1 Å². The van der Waals surface area contributed by atoms with Gasteiger partial charge in [0.25, 0.3) is 5.91 Å². The van der Waals surface area contributed by atoms with Gasteiger partial charge < -0.3 is 9.47 Å². The molecule has 1 atom stereocenters. The Morgan fingerprint density at radius 1 is 1.18 bits per heavy atom. The number of anilines is 2. The van der Waals surface area contributed by atoms with Gasteiger partial charge in [0.05, 0.1) is 5.56 Å². The molecule has 1 amide bonds. The summed E-state index contributed by atoms with van der Waals surface area (Å²) >= 11 is 1.28. The summed E-state index contributed by atoms with van der Waals surface area (Å²) < 4.78 is 2.29. The maximum absolute atomic E-state index is 12.3. The van der Waals surface area contributed by atoms with E-state index in [1.54, 1.807) is 17.8 Å². The molecular formula is C18H20N8OS. The van der Waals surface area contributed by atoms with Crippen molar-refractivity contribution < 1.29 is 4.79 Å². The summed E-state index contributed by atoms with van der Waals surface area (Å²) in [4.78, 5) is 19.1. The van der Waals surface area contributed by atoms with Crippen molar-refractivity contribution in [3.05, 3.63) is 41.1 Å². The molecule has 1 unspecified atom stereocenters. The third-order valence-electron chi connectivity index (χ3n) is 5.34. The van der Waals surface area contributed by atoms with Gasteiger partial charge >= 0.3 is 0 Å². The number of aryl methyl sites for hydroxylation is 1. The molecule has 10 heteroatoms. The highest BCUT2D eigenvalue weighted by atomic mass is 32.1. The van der Waals surface area contributed by atoms with Crippen LogP contribution in [0.25, 0.3) is 0 Å². The zero-order chi connectivity index (χ0) is 18.9. The molecule has 5 rings (SSSR count). The SMILES string of the molecule is O=C(Nc1nncs1)c1ccc(N2CCCC(c3nnc4n3CCC4)C2)nc1. The number of piperidine rings is 1. The molecule has 0 aliphatic carbocycles. The molecule has 2 aliphatic heterocycles. The lowest BCUT2D eigenvalue weighted by molar-refractivity contribution is 0.102. The quantitative estimate of drug-likeness (QED) is 0.720. The molecule has 144 valence electrons. The minimum atomic E-state index is -0.230. The van der Waals surface area contributed by atoms with Gasteiger partial charge in [-0.05, 0) is 31.4 Å². The lowest BCUT2D eigenvalue weighted by Crippen LogP contribution is -2.36. The van der Waals surface area contributed by atoms with Crippen LogP contribution in [0.1, 0.15) is 47.2 Å². The lowest BCUT2D eigenvalue weighted by Gasteiger charge is -2.33. The number of nitrogens with one attached hydrogen (secondary N) is 1. The number of pyridine rings is 1. The van der Waals surface area contributed by atoms with Gasteiger partial charge in [0.15, 0.2) is 0 Å². The maximum atomic E-state index is 12.3. The van der Waals surface area contributed by atoms with E-state index in [2.05, 4.69) is 40.2 Å². The first-order chi connectivity index (χ1) is 13.8. The van der Waals surface area contributed by atoms with E-state index in [4.69, 9.17) is 0 Å². The Hall–Kier alpha value is -2.88. The molecule has 28 heavy (non-hydrogen) atoms. The highest BCUT2D eigenvalue weighted by molar-refractivity contribution is 7.13. The molecular weight excluding hydrogens is 376 g/mol. The van der Waals surface area contributed by atoms with Crippen LogP contribution >= 0.6 is 11.3 Å². The van der Waals surface area contributed by atoms with Crippen LogP contribution in [0.4, 0.5) is 10.9 Å². The van der Waals surface area contributed by atoms with E-state index in [-0.39, 0.29) is 5.91 Å². The van der Waals surface area contributed by atoms with E-state index in [1.165, 1.54) is 11.3 Å². The molecule has 1 N–H and O–H groups in total. The highest BCUT2D eigenvalue weighted by Gasteiger charge is 2.28. The molecule has 3 aromatic rings. The van der Waals surface area contributed by atoms with Gasteiger partial charge in [-0.3, -0.25) is 10.1 Å². The van der Waals surface area contributed by atoms with E-state index in [0.29, 0.717) is 16.6 Å². The lowest BCUT2D eigenvalue weighted by atomic mass is 9.97. The summed E-state index contributed by atoms with van der Waals surface area (Å²) in [6, 6.07) is 3.71. The number of hydrogen-bond acceptors (Lipinski definition) is 8. The average molecular weight is 396 g/mol. The summed E-state index contributed by atoms with van der Waals surface area (Å²) in [7, 11) is 0. The molecule has 9 nitrogen and oxygen atoms in total. The van der Waals surface area contributed by atoms with Crippen LogP contribution in [0.2, 0.25) is 0 Å². The van der Waals surface area contributed by atoms with Crippen molar-refractivity contribution in [2.75, 3.05) is 23.3 Å². The van der Waals surface area contributed by atoms with Crippen LogP contribution in [0.5, 0.6) is 0 Å². The Balaban J connectivity index is 1.28. The van der Waals surface area contributed by atoms with Crippen molar-refractivity contribution >= 4 is 28.2 Å². The second kappa shape index (κ2) is 7.27. The van der Waals surface area contributed by atoms with Gasteiger partial charge in [-0.1, -0.05) is 11.3 Å². The number of rotatable bonds is 4. The summed E-state index contributed by atoms with van der Waals surface area (Å²) in [5.74, 6) is 3.27. The monoisotopic (exact) mass is 396 g/mol. The Kier molecular flexibility index (Phi) is 4.47. The zero-order valence-corrected chi connectivity index (χ0v) is 16.1.